The summed E-state index contributed by atoms with van der Waals surface area (Å²) < 4.78 is 0. The number of rotatable bonds is 4. The third-order valence-corrected chi connectivity index (χ3v) is 5.22. The van der Waals surface area contributed by atoms with E-state index >= 15 is 0 Å². The lowest BCUT2D eigenvalue weighted by atomic mass is 9.98. The van der Waals surface area contributed by atoms with Gasteiger partial charge in [0.2, 0.25) is 0 Å². The second-order valence-electron chi connectivity index (χ2n) is 6.34. The second-order valence-corrected chi connectivity index (χ2v) is 6.34. The molecule has 18 heavy (non-hydrogen) atoms. The van der Waals surface area contributed by atoms with Crippen LogP contribution in [0.1, 0.15) is 45.4 Å². The van der Waals surface area contributed by atoms with Crippen LogP contribution in [-0.2, 0) is 0 Å². The molecule has 0 radical (unpaired) electrons. The summed E-state index contributed by atoms with van der Waals surface area (Å²) in [5, 5.41) is 3.60. The first-order valence-corrected chi connectivity index (χ1v) is 8.10. The van der Waals surface area contributed by atoms with E-state index in [4.69, 9.17) is 0 Å². The molecule has 0 aliphatic carbocycles. The molecule has 104 valence electrons. The summed E-state index contributed by atoms with van der Waals surface area (Å²) >= 11 is 0. The molecule has 3 heterocycles. The highest BCUT2D eigenvalue weighted by molar-refractivity contribution is 4.99. The zero-order valence-electron chi connectivity index (χ0n) is 11.9. The molecule has 3 unspecified atom stereocenters. The fraction of sp³-hybridized carbons (Fsp3) is 1.00. The monoisotopic (exact) mass is 251 g/mol. The van der Waals surface area contributed by atoms with E-state index in [9.17, 15) is 0 Å². The Morgan fingerprint density at radius 1 is 1.17 bits per heavy atom. The highest BCUT2D eigenvalue weighted by Crippen LogP contribution is 2.33. The maximum Gasteiger partial charge on any atom is 0.0267 e. The number of hydrogen-bond acceptors (Lipinski definition) is 3. The molecule has 1 N–H and O–H groups in total. The molecule has 0 saturated carbocycles. The van der Waals surface area contributed by atoms with Crippen LogP contribution in [0.2, 0.25) is 0 Å². The number of hydrogen-bond donors (Lipinski definition) is 1. The van der Waals surface area contributed by atoms with Gasteiger partial charge in [0.25, 0.3) is 0 Å². The van der Waals surface area contributed by atoms with Gasteiger partial charge >= 0.3 is 0 Å². The normalized spacial score (nSPS) is 37.3. The Balaban J connectivity index is 1.68. The van der Waals surface area contributed by atoms with Crippen LogP contribution in [0.4, 0.5) is 0 Å². The molecule has 0 bridgehead atoms. The molecule has 3 fully saturated rings. The molecule has 3 nitrogen and oxygen atoms in total. The van der Waals surface area contributed by atoms with Crippen molar-refractivity contribution >= 4 is 0 Å². The Morgan fingerprint density at radius 3 is 2.89 bits per heavy atom. The summed E-state index contributed by atoms with van der Waals surface area (Å²) in [5.74, 6) is 0. The summed E-state index contributed by atoms with van der Waals surface area (Å²) in [6.45, 7) is 8.83. The highest BCUT2D eigenvalue weighted by atomic mass is 15.3. The Hall–Kier alpha value is -0.120. The van der Waals surface area contributed by atoms with Crippen molar-refractivity contribution in [3.05, 3.63) is 0 Å². The number of piperidine rings is 1. The van der Waals surface area contributed by atoms with E-state index in [1.54, 1.807) is 0 Å². The van der Waals surface area contributed by atoms with Crippen molar-refractivity contribution in [1.82, 2.24) is 15.1 Å². The van der Waals surface area contributed by atoms with E-state index < -0.39 is 0 Å². The molecule has 0 aromatic carbocycles. The molecule has 0 spiro atoms. The zero-order valence-corrected chi connectivity index (χ0v) is 11.9. The van der Waals surface area contributed by atoms with Crippen LogP contribution >= 0.6 is 0 Å². The molecule has 3 atom stereocenters. The number of nitrogens with one attached hydrogen (secondary N) is 1. The van der Waals surface area contributed by atoms with Gasteiger partial charge in [0.15, 0.2) is 0 Å². The van der Waals surface area contributed by atoms with Crippen LogP contribution in [-0.4, -0.2) is 60.6 Å². The molecule has 3 saturated heterocycles. The van der Waals surface area contributed by atoms with Crippen molar-refractivity contribution in [2.45, 2.75) is 63.6 Å². The van der Waals surface area contributed by atoms with Crippen LogP contribution in [0.3, 0.4) is 0 Å². The van der Waals surface area contributed by atoms with Crippen molar-refractivity contribution < 1.29 is 0 Å². The molecule has 0 aromatic heterocycles. The smallest absolute Gasteiger partial charge is 0.0267 e. The third-order valence-electron chi connectivity index (χ3n) is 5.22. The lowest BCUT2D eigenvalue weighted by molar-refractivity contribution is 0.0924. The summed E-state index contributed by atoms with van der Waals surface area (Å²) in [6, 6.07) is 2.56. The highest BCUT2D eigenvalue weighted by Gasteiger charge is 2.41. The molecule has 3 aliphatic heterocycles. The van der Waals surface area contributed by atoms with Crippen molar-refractivity contribution in [3.63, 3.8) is 0 Å². The van der Waals surface area contributed by atoms with Crippen molar-refractivity contribution in [2.24, 2.45) is 0 Å². The van der Waals surface area contributed by atoms with E-state index in [2.05, 4.69) is 22.0 Å². The van der Waals surface area contributed by atoms with Gasteiger partial charge in [-0.2, -0.15) is 0 Å². The minimum absolute atomic E-state index is 0.809. The predicted octanol–water partition coefficient (Wildman–Crippen LogP) is 1.69. The molecular weight excluding hydrogens is 222 g/mol. The van der Waals surface area contributed by atoms with E-state index in [1.165, 1.54) is 71.2 Å². The average Bonchev–Trinajstić information content (AvgIpc) is 3.00. The van der Waals surface area contributed by atoms with Crippen LogP contribution in [0, 0.1) is 0 Å². The zero-order chi connectivity index (χ0) is 12.4. The van der Waals surface area contributed by atoms with Gasteiger partial charge in [0, 0.05) is 31.2 Å². The van der Waals surface area contributed by atoms with E-state index in [0.29, 0.717) is 0 Å². The Kier molecular flexibility index (Phi) is 4.22. The fourth-order valence-electron chi connectivity index (χ4n) is 4.44. The largest absolute Gasteiger partial charge is 0.315 e. The van der Waals surface area contributed by atoms with Gasteiger partial charge in [-0.3, -0.25) is 9.80 Å². The van der Waals surface area contributed by atoms with Gasteiger partial charge in [0.05, 0.1) is 0 Å². The summed E-state index contributed by atoms with van der Waals surface area (Å²) in [7, 11) is 0. The average molecular weight is 251 g/mol. The van der Waals surface area contributed by atoms with Gasteiger partial charge in [-0.05, 0) is 58.2 Å². The van der Waals surface area contributed by atoms with Gasteiger partial charge in [-0.15, -0.1) is 0 Å². The van der Waals surface area contributed by atoms with Crippen molar-refractivity contribution in [3.8, 4) is 0 Å². The lowest BCUT2D eigenvalue weighted by Gasteiger charge is -2.40. The third kappa shape index (κ3) is 2.45. The lowest BCUT2D eigenvalue weighted by Crippen LogP contribution is -2.53. The molecule has 3 rings (SSSR count). The molecule has 3 aliphatic rings. The SMILES string of the molecule is CCCN(C1CCCNC1)C1CCN2CCCC12. The topological polar surface area (TPSA) is 18.5 Å². The molecule has 3 heteroatoms. The van der Waals surface area contributed by atoms with Crippen molar-refractivity contribution in [1.29, 1.82) is 0 Å². The van der Waals surface area contributed by atoms with Gasteiger partial charge in [-0.25, -0.2) is 0 Å². The van der Waals surface area contributed by atoms with Gasteiger partial charge in [-0.1, -0.05) is 6.92 Å². The van der Waals surface area contributed by atoms with Crippen LogP contribution in [0.5, 0.6) is 0 Å². The van der Waals surface area contributed by atoms with Gasteiger partial charge < -0.3 is 5.32 Å². The quantitative estimate of drug-likeness (QED) is 0.820. The van der Waals surface area contributed by atoms with Crippen molar-refractivity contribution in [2.75, 3.05) is 32.7 Å². The number of fused-ring (bicyclic) bond motifs is 1. The fourth-order valence-corrected chi connectivity index (χ4v) is 4.44. The van der Waals surface area contributed by atoms with Crippen LogP contribution in [0.15, 0.2) is 0 Å². The standard InChI is InChI=1S/C15H29N3/c1-2-9-18(13-5-3-8-16-12-13)15-7-11-17-10-4-6-14(15)17/h13-16H,2-12H2,1H3. The maximum absolute atomic E-state index is 3.60. The Bertz CT molecular complexity index is 262. The summed E-state index contributed by atoms with van der Waals surface area (Å²) in [5.41, 5.74) is 0. The molecular formula is C15H29N3. The first-order valence-electron chi connectivity index (χ1n) is 8.10. The number of nitrogens with zero attached hydrogens (tertiary/aromatic N) is 2. The van der Waals surface area contributed by atoms with Crippen LogP contribution in [0.25, 0.3) is 0 Å². The first-order chi connectivity index (χ1) is 8.90. The second kappa shape index (κ2) is 5.89. The predicted molar refractivity (Wildman–Crippen MR) is 75.9 cm³/mol. The van der Waals surface area contributed by atoms with E-state index in [1.807, 2.05) is 0 Å². The van der Waals surface area contributed by atoms with Crippen LogP contribution < -0.4 is 5.32 Å². The van der Waals surface area contributed by atoms with Gasteiger partial charge in [0.1, 0.15) is 0 Å². The van der Waals surface area contributed by atoms with E-state index in [0.717, 1.165) is 18.1 Å². The summed E-state index contributed by atoms with van der Waals surface area (Å²) in [6.07, 6.45) is 8.39. The molecule has 0 amide bonds. The molecule has 0 aromatic rings. The maximum atomic E-state index is 3.60. The Labute approximate surface area is 112 Å². The minimum atomic E-state index is 0.809. The Morgan fingerprint density at radius 2 is 2.11 bits per heavy atom. The summed E-state index contributed by atoms with van der Waals surface area (Å²) in [4.78, 5) is 5.63. The van der Waals surface area contributed by atoms with E-state index in [-0.39, 0.29) is 0 Å². The first kappa shape index (κ1) is 12.9. The minimum Gasteiger partial charge on any atom is -0.315 e.